The number of ether oxygens (including phenoxy) is 1. The summed E-state index contributed by atoms with van der Waals surface area (Å²) in [7, 11) is 1.76. The van der Waals surface area contributed by atoms with Gasteiger partial charge in [-0.3, -0.25) is 0 Å². The lowest BCUT2D eigenvalue weighted by Gasteiger charge is -2.36. The molecule has 8 heteroatoms. The summed E-state index contributed by atoms with van der Waals surface area (Å²) in [4.78, 5) is 9.90. The molecule has 112 valence electrons. The molecular formula is C13H16ClN5OS. The molecule has 1 unspecified atom stereocenters. The van der Waals surface area contributed by atoms with Gasteiger partial charge < -0.3 is 15.0 Å². The van der Waals surface area contributed by atoms with Crippen LogP contribution >= 0.6 is 23.8 Å². The lowest BCUT2D eigenvalue weighted by atomic mass is 9.90. The fourth-order valence-electron chi connectivity index (χ4n) is 2.41. The molecule has 1 N–H and O–H groups in total. The standard InChI is InChI=1S/C13H16ClN5OS/c1-16-10-7-17-12(14)18-11(10)19(9-21)13(8-15)3-2-5-20-6-4-13/h7,9,16H,2-6H2,1H3. The summed E-state index contributed by atoms with van der Waals surface area (Å²) in [5.41, 5.74) is 1.34. The highest BCUT2D eigenvalue weighted by Gasteiger charge is 2.39. The van der Waals surface area contributed by atoms with E-state index in [-0.39, 0.29) is 5.28 Å². The van der Waals surface area contributed by atoms with Crippen LogP contribution in [0.3, 0.4) is 0 Å². The highest BCUT2D eigenvalue weighted by atomic mass is 35.5. The third-order valence-corrected chi connectivity index (χ3v) is 3.94. The van der Waals surface area contributed by atoms with E-state index >= 15 is 0 Å². The van der Waals surface area contributed by atoms with Crippen molar-refractivity contribution >= 4 is 40.8 Å². The van der Waals surface area contributed by atoms with Crippen molar-refractivity contribution in [3.63, 3.8) is 0 Å². The van der Waals surface area contributed by atoms with Gasteiger partial charge in [-0.2, -0.15) is 10.2 Å². The minimum absolute atomic E-state index is 0.115. The van der Waals surface area contributed by atoms with Crippen LogP contribution in [0.15, 0.2) is 6.20 Å². The van der Waals surface area contributed by atoms with Gasteiger partial charge in [0.15, 0.2) is 5.82 Å². The molecule has 1 aromatic heterocycles. The number of thiocarbonyl (C=S) groups is 1. The molecule has 2 rings (SSSR count). The maximum absolute atomic E-state index is 9.75. The van der Waals surface area contributed by atoms with E-state index in [9.17, 15) is 5.26 Å². The predicted molar refractivity (Wildman–Crippen MR) is 85.7 cm³/mol. The lowest BCUT2D eigenvalue weighted by Crippen LogP contribution is -2.48. The van der Waals surface area contributed by atoms with E-state index < -0.39 is 5.54 Å². The van der Waals surface area contributed by atoms with Gasteiger partial charge in [0, 0.05) is 26.7 Å². The average Bonchev–Trinajstić information content (AvgIpc) is 2.75. The van der Waals surface area contributed by atoms with Gasteiger partial charge in [-0.1, -0.05) is 12.2 Å². The van der Waals surface area contributed by atoms with E-state index in [2.05, 4.69) is 21.4 Å². The molecular weight excluding hydrogens is 310 g/mol. The van der Waals surface area contributed by atoms with Gasteiger partial charge in [0.2, 0.25) is 5.28 Å². The molecule has 1 aliphatic rings. The van der Waals surface area contributed by atoms with Crippen molar-refractivity contribution < 1.29 is 4.74 Å². The minimum Gasteiger partial charge on any atom is -0.384 e. The third-order valence-electron chi connectivity index (χ3n) is 3.55. The molecule has 2 heterocycles. The van der Waals surface area contributed by atoms with Crippen LogP contribution in [-0.4, -0.2) is 41.3 Å². The van der Waals surface area contributed by atoms with Crippen molar-refractivity contribution in [3.8, 4) is 6.07 Å². The van der Waals surface area contributed by atoms with Crippen LogP contribution in [-0.2, 0) is 4.74 Å². The highest BCUT2D eigenvalue weighted by molar-refractivity contribution is 7.79. The smallest absolute Gasteiger partial charge is 0.224 e. The van der Waals surface area contributed by atoms with Crippen LogP contribution in [0.2, 0.25) is 5.28 Å². The molecule has 1 aromatic rings. The number of nitrogens with zero attached hydrogens (tertiary/aromatic N) is 4. The number of hydrogen-bond acceptors (Lipinski definition) is 6. The molecule has 0 aliphatic carbocycles. The largest absolute Gasteiger partial charge is 0.384 e. The van der Waals surface area contributed by atoms with Crippen molar-refractivity contribution in [2.75, 3.05) is 30.5 Å². The zero-order chi connectivity index (χ0) is 15.3. The van der Waals surface area contributed by atoms with Crippen molar-refractivity contribution in [1.82, 2.24) is 9.97 Å². The minimum atomic E-state index is -0.776. The fraction of sp³-hybridized carbons (Fsp3) is 0.538. The first-order valence-electron chi connectivity index (χ1n) is 6.61. The van der Waals surface area contributed by atoms with E-state index in [1.165, 1.54) is 5.49 Å². The van der Waals surface area contributed by atoms with Crippen LogP contribution in [0, 0.1) is 11.3 Å². The van der Waals surface area contributed by atoms with Gasteiger partial charge in [-0.05, 0) is 24.4 Å². The Labute approximate surface area is 134 Å². The molecule has 1 saturated heterocycles. The van der Waals surface area contributed by atoms with Gasteiger partial charge in [0.05, 0.1) is 23.4 Å². The number of hydrogen-bond donors (Lipinski definition) is 1. The van der Waals surface area contributed by atoms with Gasteiger partial charge >= 0.3 is 0 Å². The zero-order valence-electron chi connectivity index (χ0n) is 11.7. The fourth-order valence-corrected chi connectivity index (χ4v) is 2.84. The maximum atomic E-state index is 9.75. The summed E-state index contributed by atoms with van der Waals surface area (Å²) in [5, 5.41) is 12.9. The average molecular weight is 326 g/mol. The van der Waals surface area contributed by atoms with E-state index in [1.807, 2.05) is 0 Å². The molecule has 6 nitrogen and oxygen atoms in total. The molecule has 1 atom stereocenters. The molecule has 0 aromatic carbocycles. The van der Waals surface area contributed by atoms with E-state index in [0.29, 0.717) is 37.6 Å². The molecule has 1 aliphatic heterocycles. The van der Waals surface area contributed by atoms with Crippen LogP contribution in [0.1, 0.15) is 19.3 Å². The van der Waals surface area contributed by atoms with Gasteiger partial charge in [0.25, 0.3) is 0 Å². The topological polar surface area (TPSA) is 74.1 Å². The number of anilines is 2. The number of halogens is 1. The van der Waals surface area contributed by atoms with Gasteiger partial charge in [-0.15, -0.1) is 0 Å². The first kappa shape index (κ1) is 15.9. The zero-order valence-corrected chi connectivity index (χ0v) is 13.2. The normalized spacial score (nSPS) is 22.0. The summed E-state index contributed by atoms with van der Waals surface area (Å²) >= 11 is 11.0. The summed E-state index contributed by atoms with van der Waals surface area (Å²) < 4.78 is 5.46. The van der Waals surface area contributed by atoms with Gasteiger partial charge in [0.1, 0.15) is 5.54 Å². The predicted octanol–water partition coefficient (Wildman–Crippen LogP) is 2.40. The monoisotopic (exact) mass is 325 g/mol. The molecule has 1 fully saturated rings. The molecule has 0 saturated carbocycles. The maximum Gasteiger partial charge on any atom is 0.224 e. The Balaban J connectivity index is 2.49. The molecule has 0 amide bonds. The second-order valence-corrected chi connectivity index (χ2v) is 5.26. The van der Waals surface area contributed by atoms with Crippen LogP contribution in [0.25, 0.3) is 0 Å². The van der Waals surface area contributed by atoms with E-state index in [0.717, 1.165) is 6.42 Å². The van der Waals surface area contributed by atoms with Crippen LogP contribution in [0.4, 0.5) is 11.5 Å². The molecule has 0 spiro atoms. The first-order chi connectivity index (χ1) is 10.2. The van der Waals surface area contributed by atoms with Crippen molar-refractivity contribution in [2.45, 2.75) is 24.8 Å². The Morgan fingerprint density at radius 1 is 1.57 bits per heavy atom. The van der Waals surface area contributed by atoms with Crippen LogP contribution < -0.4 is 10.2 Å². The second-order valence-electron chi connectivity index (χ2n) is 4.71. The SMILES string of the molecule is CNc1cnc(Cl)nc1N(C=S)C1(C#N)CCCOCC1. The molecule has 21 heavy (non-hydrogen) atoms. The van der Waals surface area contributed by atoms with Crippen molar-refractivity contribution in [1.29, 1.82) is 5.26 Å². The van der Waals surface area contributed by atoms with E-state index in [4.69, 9.17) is 28.6 Å². The molecule has 0 radical (unpaired) electrons. The van der Waals surface area contributed by atoms with Crippen molar-refractivity contribution in [2.24, 2.45) is 0 Å². The second kappa shape index (κ2) is 6.98. The summed E-state index contributed by atoms with van der Waals surface area (Å²) in [6, 6.07) is 2.39. The Morgan fingerprint density at radius 3 is 3.05 bits per heavy atom. The Hall–Kier alpha value is -1.49. The summed E-state index contributed by atoms with van der Waals surface area (Å²) in [6.07, 6.45) is 3.58. The Kier molecular flexibility index (Phi) is 5.28. The Bertz CT molecular complexity index is 554. The lowest BCUT2D eigenvalue weighted by molar-refractivity contribution is 0.142. The first-order valence-corrected chi connectivity index (χ1v) is 7.46. The van der Waals surface area contributed by atoms with Crippen LogP contribution in [0.5, 0.6) is 0 Å². The highest BCUT2D eigenvalue weighted by Crippen LogP contribution is 2.34. The van der Waals surface area contributed by atoms with Crippen molar-refractivity contribution in [3.05, 3.63) is 11.5 Å². The number of aromatic nitrogens is 2. The van der Waals surface area contributed by atoms with Gasteiger partial charge in [-0.25, -0.2) is 4.98 Å². The number of nitrogens with one attached hydrogen (secondary N) is 1. The van der Waals surface area contributed by atoms with E-state index in [1.54, 1.807) is 18.1 Å². The summed E-state index contributed by atoms with van der Waals surface area (Å²) in [5.74, 6) is 0.510. The number of nitriles is 1. The third kappa shape index (κ3) is 3.23. The number of rotatable bonds is 4. The quantitative estimate of drug-likeness (QED) is 0.673. The summed E-state index contributed by atoms with van der Waals surface area (Å²) in [6.45, 7) is 1.17. The molecule has 0 bridgehead atoms. The Morgan fingerprint density at radius 2 is 2.38 bits per heavy atom.